The number of esters is 2. The monoisotopic (exact) mass is 346 g/mol. The van der Waals surface area contributed by atoms with Crippen molar-refractivity contribution in [1.29, 1.82) is 0 Å². The van der Waals surface area contributed by atoms with Crippen LogP contribution in [-0.4, -0.2) is 11.9 Å². The third kappa shape index (κ3) is 1.39. The summed E-state index contributed by atoms with van der Waals surface area (Å²) in [4.78, 5) is 25.3. The Morgan fingerprint density at radius 2 is 1.26 bits per heavy atom. The Labute approximate surface area is 152 Å². The molecule has 0 aromatic heterocycles. The molecule has 0 amide bonds. The normalized spacial score (nSPS) is 14.4. The first-order chi connectivity index (χ1) is 13.2. The zero-order chi connectivity index (χ0) is 17.9. The van der Waals surface area contributed by atoms with Crippen molar-refractivity contribution in [3.8, 4) is 0 Å². The van der Waals surface area contributed by atoms with Gasteiger partial charge in [-0.05, 0) is 55.2 Å². The summed E-state index contributed by atoms with van der Waals surface area (Å²) in [6.07, 6.45) is 0. The van der Waals surface area contributed by atoms with Crippen LogP contribution in [0.2, 0.25) is 0 Å². The minimum atomic E-state index is -0.565. The summed E-state index contributed by atoms with van der Waals surface area (Å²) < 4.78 is 5.12. The summed E-state index contributed by atoms with van der Waals surface area (Å²) in [6, 6.07) is 20.3. The number of carbonyl (C=O) groups is 2. The van der Waals surface area contributed by atoms with Crippen molar-refractivity contribution in [1.82, 2.24) is 0 Å². The van der Waals surface area contributed by atoms with E-state index in [-0.39, 0.29) is 0 Å². The number of carbonyl (C=O) groups excluding carboxylic acids is 2. The fraction of sp³-hybridized carbons (Fsp3) is 0. The summed E-state index contributed by atoms with van der Waals surface area (Å²) in [5.74, 6) is -1.12. The number of rotatable bonds is 0. The van der Waals surface area contributed by atoms with Crippen LogP contribution in [0, 0.1) is 0 Å². The molecule has 3 heteroatoms. The summed E-state index contributed by atoms with van der Waals surface area (Å²) in [5, 5.41) is 10.2. The third-order valence-corrected chi connectivity index (χ3v) is 5.97. The molecule has 1 aliphatic rings. The van der Waals surface area contributed by atoms with E-state index in [1.807, 2.05) is 30.3 Å². The zero-order valence-corrected chi connectivity index (χ0v) is 14.0. The maximum absolute atomic E-state index is 12.8. The Bertz CT molecular complexity index is 1620. The van der Waals surface area contributed by atoms with Crippen molar-refractivity contribution in [2.45, 2.75) is 0 Å². The van der Waals surface area contributed by atoms with Crippen LogP contribution in [0.5, 0.6) is 0 Å². The molecule has 0 bridgehead atoms. The summed E-state index contributed by atoms with van der Waals surface area (Å²) >= 11 is 0. The van der Waals surface area contributed by atoms with E-state index in [1.54, 1.807) is 0 Å². The molecule has 0 fully saturated rings. The smallest absolute Gasteiger partial charge is 0.347 e. The standard InChI is InChI=1S/C24H10O3/c25-23-16-10-13-5-1-4-12-9-14-8-7-11-3-2-6-15-18(11)19(14)22(17(12)13)20(16)21(15)24(26)27-23/h1-10H. The van der Waals surface area contributed by atoms with Crippen molar-refractivity contribution in [2.75, 3.05) is 0 Å². The second-order valence-electron chi connectivity index (χ2n) is 7.25. The minimum absolute atomic E-state index is 0.476. The molecule has 0 saturated carbocycles. The Kier molecular flexibility index (Phi) is 2.07. The average molecular weight is 346 g/mol. The van der Waals surface area contributed by atoms with Gasteiger partial charge in [0.2, 0.25) is 0 Å². The van der Waals surface area contributed by atoms with Gasteiger partial charge in [-0.15, -0.1) is 0 Å². The molecule has 3 nitrogen and oxygen atoms in total. The predicted octanol–water partition coefficient (Wildman–Crippen LogP) is 5.64. The van der Waals surface area contributed by atoms with Crippen LogP contribution in [-0.2, 0) is 4.74 Å². The number of fused-ring (bicyclic) bond motifs is 1. The molecule has 0 spiro atoms. The van der Waals surface area contributed by atoms with Crippen molar-refractivity contribution >= 4 is 65.8 Å². The molecular weight excluding hydrogens is 336 g/mol. The van der Waals surface area contributed by atoms with E-state index < -0.39 is 11.9 Å². The quantitative estimate of drug-likeness (QED) is 0.155. The molecule has 0 radical (unpaired) electrons. The van der Waals surface area contributed by atoms with E-state index in [0.717, 1.165) is 53.9 Å². The first-order valence-electron chi connectivity index (χ1n) is 8.87. The number of benzene rings is 6. The lowest BCUT2D eigenvalue weighted by atomic mass is 9.82. The third-order valence-electron chi connectivity index (χ3n) is 5.97. The van der Waals surface area contributed by atoms with Crippen molar-refractivity contribution in [3.05, 3.63) is 71.8 Å². The van der Waals surface area contributed by atoms with Crippen LogP contribution < -0.4 is 0 Å². The van der Waals surface area contributed by atoms with E-state index in [1.165, 1.54) is 0 Å². The van der Waals surface area contributed by atoms with Gasteiger partial charge in [0.25, 0.3) is 0 Å². The van der Waals surface area contributed by atoms with Gasteiger partial charge in [0.05, 0.1) is 11.1 Å². The Morgan fingerprint density at radius 1 is 0.556 bits per heavy atom. The molecule has 27 heavy (non-hydrogen) atoms. The highest BCUT2D eigenvalue weighted by Crippen LogP contribution is 2.47. The van der Waals surface area contributed by atoms with Crippen molar-refractivity contribution in [3.63, 3.8) is 0 Å². The maximum atomic E-state index is 12.8. The molecule has 1 heterocycles. The maximum Gasteiger partial charge on any atom is 0.347 e. The second-order valence-corrected chi connectivity index (χ2v) is 7.25. The highest BCUT2D eigenvalue weighted by atomic mass is 16.6. The molecule has 1 aliphatic heterocycles. The summed E-state index contributed by atoms with van der Waals surface area (Å²) in [7, 11) is 0. The number of hydrogen-bond acceptors (Lipinski definition) is 3. The van der Waals surface area contributed by atoms with Crippen molar-refractivity contribution < 1.29 is 14.3 Å². The van der Waals surface area contributed by atoms with Gasteiger partial charge < -0.3 is 4.74 Å². The second kappa shape index (κ2) is 4.15. The van der Waals surface area contributed by atoms with Gasteiger partial charge in [-0.1, -0.05) is 48.5 Å². The number of cyclic esters (lactones) is 2. The first-order valence-corrected chi connectivity index (χ1v) is 8.87. The summed E-state index contributed by atoms with van der Waals surface area (Å²) in [6.45, 7) is 0. The van der Waals surface area contributed by atoms with E-state index in [0.29, 0.717) is 11.1 Å². The van der Waals surface area contributed by atoms with Gasteiger partial charge in [0.1, 0.15) is 0 Å². The Hall–Kier alpha value is -3.72. The molecule has 0 N–H and O–H groups in total. The molecule has 7 rings (SSSR count). The lowest BCUT2D eigenvalue weighted by Gasteiger charge is -2.23. The van der Waals surface area contributed by atoms with Crippen LogP contribution in [0.1, 0.15) is 20.7 Å². The fourth-order valence-electron chi connectivity index (χ4n) is 4.97. The molecule has 6 aromatic rings. The van der Waals surface area contributed by atoms with Gasteiger partial charge in [0.15, 0.2) is 0 Å². The molecular formula is C24H10O3. The van der Waals surface area contributed by atoms with Crippen LogP contribution in [0.3, 0.4) is 0 Å². The van der Waals surface area contributed by atoms with Gasteiger partial charge in [-0.2, -0.15) is 0 Å². The Morgan fingerprint density at radius 3 is 2.15 bits per heavy atom. The van der Waals surface area contributed by atoms with Gasteiger partial charge >= 0.3 is 11.9 Å². The van der Waals surface area contributed by atoms with Gasteiger partial charge in [-0.3, -0.25) is 0 Å². The predicted molar refractivity (Wildman–Crippen MR) is 106 cm³/mol. The number of ether oxygens (including phenoxy) is 1. The largest absolute Gasteiger partial charge is 0.386 e. The van der Waals surface area contributed by atoms with Gasteiger partial charge in [-0.25, -0.2) is 9.59 Å². The minimum Gasteiger partial charge on any atom is -0.386 e. The highest BCUT2D eigenvalue weighted by Gasteiger charge is 2.32. The van der Waals surface area contributed by atoms with E-state index in [4.69, 9.17) is 4.74 Å². The first kappa shape index (κ1) is 13.5. The Balaban J connectivity index is 2.02. The van der Waals surface area contributed by atoms with Crippen LogP contribution >= 0.6 is 0 Å². The zero-order valence-electron chi connectivity index (χ0n) is 14.0. The van der Waals surface area contributed by atoms with E-state index in [2.05, 4.69) is 30.3 Å². The topological polar surface area (TPSA) is 43.4 Å². The molecule has 0 aliphatic carbocycles. The van der Waals surface area contributed by atoms with Crippen LogP contribution in [0.4, 0.5) is 0 Å². The van der Waals surface area contributed by atoms with E-state index >= 15 is 0 Å². The molecule has 0 saturated heterocycles. The molecule has 6 aromatic carbocycles. The van der Waals surface area contributed by atoms with Gasteiger partial charge in [0, 0.05) is 10.8 Å². The highest BCUT2D eigenvalue weighted by molar-refractivity contribution is 6.43. The molecule has 124 valence electrons. The van der Waals surface area contributed by atoms with Crippen LogP contribution in [0.15, 0.2) is 60.7 Å². The fourth-order valence-corrected chi connectivity index (χ4v) is 4.97. The van der Waals surface area contributed by atoms with Crippen LogP contribution in [0.25, 0.3) is 53.9 Å². The molecule has 0 unspecified atom stereocenters. The molecule has 0 atom stereocenters. The SMILES string of the molecule is O=C1OC(=O)c2c3cccc4ccc5cc6cccc7cc1c2c(c76)c5c43. The number of hydrogen-bond donors (Lipinski definition) is 0. The van der Waals surface area contributed by atoms with E-state index in [9.17, 15) is 9.59 Å². The lowest BCUT2D eigenvalue weighted by Crippen LogP contribution is -2.20. The lowest BCUT2D eigenvalue weighted by molar-refractivity contribution is 0.0393. The van der Waals surface area contributed by atoms with Crippen molar-refractivity contribution in [2.24, 2.45) is 0 Å². The summed E-state index contributed by atoms with van der Waals surface area (Å²) in [5.41, 5.74) is 0.983. The average Bonchev–Trinajstić information content (AvgIpc) is 2.68.